The molecule has 0 spiro atoms. The largest absolute Gasteiger partial charge is 0.394 e. The highest BCUT2D eigenvalue weighted by Gasteiger charge is 2.25. The number of aliphatic hydroxyl groups is 2. The highest BCUT2D eigenvalue weighted by molar-refractivity contribution is 4.74. The van der Waals surface area contributed by atoms with Crippen LogP contribution in [0.1, 0.15) is 27.2 Å². The van der Waals surface area contributed by atoms with Crippen molar-refractivity contribution in [3.05, 3.63) is 0 Å². The first-order chi connectivity index (χ1) is 5.74. The minimum atomic E-state index is -0.345. The lowest BCUT2D eigenvalue weighted by atomic mass is 9.95. The Kier molecular flexibility index (Phi) is 6.34. The summed E-state index contributed by atoms with van der Waals surface area (Å²) in [5.41, 5.74) is 0. The normalized spacial score (nSPS) is 35.2. The third kappa shape index (κ3) is 3.52. The Morgan fingerprint density at radius 2 is 2.00 bits per heavy atom. The third-order valence-corrected chi connectivity index (χ3v) is 2.00. The first kappa shape index (κ1) is 11.9. The zero-order valence-corrected chi connectivity index (χ0v) is 8.16. The highest BCUT2D eigenvalue weighted by atomic mass is 16.5. The van der Waals surface area contributed by atoms with Gasteiger partial charge in [0, 0.05) is 0 Å². The van der Waals surface area contributed by atoms with Crippen molar-refractivity contribution in [3.8, 4) is 0 Å². The summed E-state index contributed by atoms with van der Waals surface area (Å²) >= 11 is 0. The Morgan fingerprint density at radius 3 is 2.42 bits per heavy atom. The van der Waals surface area contributed by atoms with E-state index in [-0.39, 0.29) is 24.7 Å². The molecule has 0 bridgehead atoms. The SMILES string of the molecule is CC.CC1CC(CO)OCC1O. The van der Waals surface area contributed by atoms with E-state index in [4.69, 9.17) is 9.84 Å². The van der Waals surface area contributed by atoms with Crippen molar-refractivity contribution < 1.29 is 14.9 Å². The fourth-order valence-corrected chi connectivity index (χ4v) is 1.17. The molecule has 0 radical (unpaired) electrons. The van der Waals surface area contributed by atoms with Gasteiger partial charge in [0.05, 0.1) is 25.4 Å². The lowest BCUT2D eigenvalue weighted by molar-refractivity contribution is -0.0984. The van der Waals surface area contributed by atoms with Crippen LogP contribution < -0.4 is 0 Å². The van der Waals surface area contributed by atoms with E-state index in [1.807, 2.05) is 20.8 Å². The molecule has 3 heteroatoms. The monoisotopic (exact) mass is 176 g/mol. The van der Waals surface area contributed by atoms with Crippen LogP contribution in [0.15, 0.2) is 0 Å². The van der Waals surface area contributed by atoms with Crippen molar-refractivity contribution >= 4 is 0 Å². The van der Waals surface area contributed by atoms with Crippen LogP contribution in [0, 0.1) is 5.92 Å². The molecule has 0 saturated carbocycles. The van der Waals surface area contributed by atoms with E-state index in [1.54, 1.807) is 0 Å². The first-order valence-corrected chi connectivity index (χ1v) is 4.64. The number of hydrogen-bond acceptors (Lipinski definition) is 3. The van der Waals surface area contributed by atoms with E-state index in [9.17, 15) is 5.11 Å². The van der Waals surface area contributed by atoms with Crippen LogP contribution in [0.5, 0.6) is 0 Å². The molecule has 0 aromatic heterocycles. The molecule has 1 saturated heterocycles. The summed E-state index contributed by atoms with van der Waals surface area (Å²) in [7, 11) is 0. The minimum absolute atomic E-state index is 0.0570. The molecule has 3 atom stereocenters. The molecule has 1 aliphatic rings. The molecule has 0 aromatic rings. The van der Waals surface area contributed by atoms with Crippen molar-refractivity contribution in [1.29, 1.82) is 0 Å². The molecule has 0 aromatic carbocycles. The van der Waals surface area contributed by atoms with Crippen LogP contribution in [-0.2, 0) is 4.74 Å². The van der Waals surface area contributed by atoms with Crippen LogP contribution in [0.2, 0.25) is 0 Å². The Morgan fingerprint density at radius 1 is 1.42 bits per heavy atom. The van der Waals surface area contributed by atoms with Crippen molar-refractivity contribution in [2.24, 2.45) is 5.92 Å². The van der Waals surface area contributed by atoms with Gasteiger partial charge in [-0.15, -0.1) is 0 Å². The molecule has 0 aliphatic carbocycles. The van der Waals surface area contributed by atoms with Crippen LogP contribution in [0.3, 0.4) is 0 Å². The standard InChI is InChI=1S/C7H14O3.C2H6/c1-5-2-6(3-8)10-4-7(5)9;1-2/h5-9H,2-4H2,1H3;1-2H3. The second-order valence-electron chi connectivity index (χ2n) is 2.92. The van der Waals surface area contributed by atoms with Gasteiger partial charge in [0.25, 0.3) is 0 Å². The predicted molar refractivity (Wildman–Crippen MR) is 48.0 cm³/mol. The van der Waals surface area contributed by atoms with E-state index in [2.05, 4.69) is 0 Å². The van der Waals surface area contributed by atoms with Gasteiger partial charge >= 0.3 is 0 Å². The van der Waals surface area contributed by atoms with E-state index >= 15 is 0 Å². The van der Waals surface area contributed by atoms with Gasteiger partial charge in [-0.05, 0) is 12.3 Å². The molecular weight excluding hydrogens is 156 g/mol. The molecule has 1 heterocycles. The lowest BCUT2D eigenvalue weighted by Gasteiger charge is -2.30. The summed E-state index contributed by atoms with van der Waals surface area (Å²) in [6.45, 7) is 6.40. The fourth-order valence-electron chi connectivity index (χ4n) is 1.17. The summed E-state index contributed by atoms with van der Waals surface area (Å²) in [6, 6.07) is 0. The molecule has 1 rings (SSSR count). The van der Waals surface area contributed by atoms with Gasteiger partial charge in [0.2, 0.25) is 0 Å². The topological polar surface area (TPSA) is 49.7 Å². The van der Waals surface area contributed by atoms with Gasteiger partial charge in [-0.1, -0.05) is 20.8 Å². The molecule has 3 nitrogen and oxygen atoms in total. The summed E-state index contributed by atoms with van der Waals surface area (Å²) in [4.78, 5) is 0. The number of hydrogen-bond donors (Lipinski definition) is 2. The summed E-state index contributed by atoms with van der Waals surface area (Å²) in [5, 5.41) is 17.9. The zero-order chi connectivity index (χ0) is 9.56. The lowest BCUT2D eigenvalue weighted by Crippen LogP contribution is -2.37. The molecular formula is C9H20O3. The number of ether oxygens (including phenoxy) is 1. The Labute approximate surface area is 74.4 Å². The molecule has 0 amide bonds. The Hall–Kier alpha value is -0.120. The smallest absolute Gasteiger partial charge is 0.0810 e. The second-order valence-corrected chi connectivity index (χ2v) is 2.92. The van der Waals surface area contributed by atoms with Crippen LogP contribution in [-0.4, -0.2) is 35.6 Å². The summed E-state index contributed by atoms with van der Waals surface area (Å²) < 4.78 is 5.11. The van der Waals surface area contributed by atoms with E-state index in [0.29, 0.717) is 6.61 Å². The van der Waals surface area contributed by atoms with Crippen LogP contribution in [0.4, 0.5) is 0 Å². The maximum Gasteiger partial charge on any atom is 0.0810 e. The first-order valence-electron chi connectivity index (χ1n) is 4.64. The van der Waals surface area contributed by atoms with Gasteiger partial charge in [0.15, 0.2) is 0 Å². The van der Waals surface area contributed by atoms with Crippen molar-refractivity contribution in [1.82, 2.24) is 0 Å². The molecule has 1 aliphatic heterocycles. The molecule has 2 N–H and O–H groups in total. The average molecular weight is 176 g/mol. The van der Waals surface area contributed by atoms with E-state index in [0.717, 1.165) is 6.42 Å². The van der Waals surface area contributed by atoms with Crippen molar-refractivity contribution in [2.45, 2.75) is 39.4 Å². The third-order valence-electron chi connectivity index (χ3n) is 2.00. The quantitative estimate of drug-likeness (QED) is 0.621. The molecule has 12 heavy (non-hydrogen) atoms. The highest BCUT2D eigenvalue weighted by Crippen LogP contribution is 2.19. The van der Waals surface area contributed by atoms with Gasteiger partial charge < -0.3 is 14.9 Å². The van der Waals surface area contributed by atoms with Crippen LogP contribution in [0.25, 0.3) is 0 Å². The van der Waals surface area contributed by atoms with Crippen molar-refractivity contribution in [3.63, 3.8) is 0 Å². The van der Waals surface area contributed by atoms with Crippen LogP contribution >= 0.6 is 0 Å². The fraction of sp³-hybridized carbons (Fsp3) is 1.00. The van der Waals surface area contributed by atoms with Gasteiger partial charge in [-0.2, -0.15) is 0 Å². The summed E-state index contributed by atoms with van der Waals surface area (Å²) in [5.74, 6) is 0.255. The molecule has 1 fully saturated rings. The van der Waals surface area contributed by atoms with E-state index in [1.165, 1.54) is 0 Å². The van der Waals surface area contributed by atoms with Gasteiger partial charge in [-0.25, -0.2) is 0 Å². The average Bonchev–Trinajstić information content (AvgIpc) is 2.13. The maximum absolute atomic E-state index is 9.18. The maximum atomic E-state index is 9.18. The molecule has 3 unspecified atom stereocenters. The minimum Gasteiger partial charge on any atom is -0.394 e. The Balaban J connectivity index is 0.000000561. The number of rotatable bonds is 1. The number of aliphatic hydroxyl groups excluding tert-OH is 2. The van der Waals surface area contributed by atoms with Gasteiger partial charge in [-0.3, -0.25) is 0 Å². The van der Waals surface area contributed by atoms with Crippen molar-refractivity contribution in [2.75, 3.05) is 13.2 Å². The second kappa shape index (κ2) is 6.40. The Bertz CT molecular complexity index is 106. The van der Waals surface area contributed by atoms with E-state index < -0.39 is 0 Å². The summed E-state index contributed by atoms with van der Waals surface area (Å²) in [6.07, 6.45) is 0.360. The van der Waals surface area contributed by atoms with Gasteiger partial charge in [0.1, 0.15) is 0 Å². The zero-order valence-electron chi connectivity index (χ0n) is 8.16. The molecule has 74 valence electrons. The predicted octanol–water partition coefficient (Wildman–Crippen LogP) is 0.791.